The van der Waals surface area contributed by atoms with Gasteiger partial charge in [0.25, 0.3) is 0 Å². The normalized spacial score (nSPS) is 13.3. The Kier molecular flexibility index (Phi) is 48.0. The Hall–Kier alpha value is -1.66. The van der Waals surface area contributed by atoms with Crippen molar-refractivity contribution in [2.24, 2.45) is 0 Å². The van der Waals surface area contributed by atoms with Gasteiger partial charge in [-0.1, -0.05) is 257 Å². The SMILES string of the molecule is CCCCCCCCC/C=C/C=C/CCCC(CC(=O)NC(CO)C(O)CCCCCCCCCCCCCCC)OC(=O)CCCCCCCCCCCCCCCCC. The summed E-state index contributed by atoms with van der Waals surface area (Å²) in [6.45, 7) is 6.49. The number of aliphatic hydroxyl groups is 2. The quantitative estimate of drug-likeness (QED) is 0.0322. The minimum Gasteiger partial charge on any atom is -0.462 e. The van der Waals surface area contributed by atoms with Gasteiger partial charge in [0.15, 0.2) is 0 Å². The summed E-state index contributed by atoms with van der Waals surface area (Å²) < 4.78 is 5.92. The van der Waals surface area contributed by atoms with E-state index in [1.54, 1.807) is 0 Å². The average Bonchev–Trinajstić information content (AvgIpc) is 3.25. The molecule has 0 aromatic rings. The van der Waals surface area contributed by atoms with Gasteiger partial charge in [-0.2, -0.15) is 0 Å². The Bertz CT molecular complexity index is 966. The number of unbranched alkanes of at least 4 members (excludes halogenated alkanes) is 34. The standard InChI is InChI=1S/C55H105NO5/c1-4-7-10-13-16-19-22-25-27-30-33-36-39-42-45-48-55(60)61-51(46-43-40-37-34-31-29-26-23-20-17-14-11-8-5-2)49-54(59)56-52(50-57)53(58)47-44-41-38-35-32-28-24-21-18-15-12-9-6-3/h29,31,34,37,51-53,57-58H,4-28,30,32-33,35-36,38-50H2,1-3H3,(H,56,59)/b31-29+,37-34+. The van der Waals surface area contributed by atoms with Crippen LogP contribution in [-0.4, -0.2) is 46.9 Å². The molecule has 360 valence electrons. The van der Waals surface area contributed by atoms with Crippen molar-refractivity contribution in [2.75, 3.05) is 6.61 Å². The highest BCUT2D eigenvalue weighted by molar-refractivity contribution is 5.77. The Morgan fingerprint density at radius 2 is 0.836 bits per heavy atom. The summed E-state index contributed by atoms with van der Waals surface area (Å²) in [5.74, 6) is -0.505. The number of carbonyl (C=O) groups is 2. The average molecular weight is 860 g/mol. The first-order valence-electron chi connectivity index (χ1n) is 27.1. The zero-order valence-electron chi connectivity index (χ0n) is 41.1. The van der Waals surface area contributed by atoms with Crippen LogP contribution in [0.2, 0.25) is 0 Å². The maximum Gasteiger partial charge on any atom is 0.306 e. The smallest absolute Gasteiger partial charge is 0.306 e. The largest absolute Gasteiger partial charge is 0.462 e. The molecule has 0 radical (unpaired) electrons. The minimum absolute atomic E-state index is 0.0502. The first kappa shape index (κ1) is 59.3. The predicted octanol–water partition coefficient (Wildman–Crippen LogP) is 16.3. The molecular formula is C55H105NO5. The summed E-state index contributed by atoms with van der Waals surface area (Å²) in [5.41, 5.74) is 0. The van der Waals surface area contributed by atoms with E-state index in [-0.39, 0.29) is 24.9 Å². The van der Waals surface area contributed by atoms with Crippen LogP contribution < -0.4 is 5.32 Å². The molecule has 3 unspecified atom stereocenters. The number of allylic oxidation sites excluding steroid dienone is 4. The van der Waals surface area contributed by atoms with Gasteiger partial charge < -0.3 is 20.3 Å². The number of nitrogens with one attached hydrogen (secondary N) is 1. The topological polar surface area (TPSA) is 95.9 Å². The lowest BCUT2D eigenvalue weighted by Gasteiger charge is -2.24. The Balaban J connectivity index is 4.59. The molecule has 0 saturated carbocycles. The van der Waals surface area contributed by atoms with Gasteiger partial charge in [0.1, 0.15) is 6.10 Å². The third-order valence-electron chi connectivity index (χ3n) is 12.6. The van der Waals surface area contributed by atoms with Gasteiger partial charge in [-0.3, -0.25) is 9.59 Å². The summed E-state index contributed by atoms with van der Waals surface area (Å²) in [7, 11) is 0. The Morgan fingerprint density at radius 1 is 0.475 bits per heavy atom. The van der Waals surface area contributed by atoms with Crippen LogP contribution in [-0.2, 0) is 14.3 Å². The Morgan fingerprint density at radius 3 is 1.25 bits per heavy atom. The van der Waals surface area contributed by atoms with Crippen LogP contribution in [0.4, 0.5) is 0 Å². The van der Waals surface area contributed by atoms with E-state index in [0.29, 0.717) is 19.3 Å². The van der Waals surface area contributed by atoms with E-state index in [1.807, 2.05) is 0 Å². The maximum absolute atomic E-state index is 13.2. The third kappa shape index (κ3) is 44.7. The molecule has 0 aromatic carbocycles. The molecule has 0 aliphatic rings. The molecule has 61 heavy (non-hydrogen) atoms. The van der Waals surface area contributed by atoms with Crippen LogP contribution in [0.15, 0.2) is 24.3 Å². The number of hydrogen-bond donors (Lipinski definition) is 3. The zero-order chi connectivity index (χ0) is 44.5. The second kappa shape index (κ2) is 49.4. The number of hydrogen-bond acceptors (Lipinski definition) is 5. The van der Waals surface area contributed by atoms with E-state index in [2.05, 4.69) is 50.4 Å². The van der Waals surface area contributed by atoms with Crippen molar-refractivity contribution >= 4 is 11.9 Å². The van der Waals surface area contributed by atoms with Gasteiger partial charge >= 0.3 is 5.97 Å². The van der Waals surface area contributed by atoms with Crippen molar-refractivity contribution in [1.29, 1.82) is 0 Å². The van der Waals surface area contributed by atoms with Crippen molar-refractivity contribution < 1.29 is 24.5 Å². The summed E-state index contributed by atoms with van der Waals surface area (Å²) in [5, 5.41) is 23.8. The van der Waals surface area contributed by atoms with Crippen molar-refractivity contribution in [3.8, 4) is 0 Å². The van der Waals surface area contributed by atoms with Gasteiger partial charge in [0, 0.05) is 6.42 Å². The van der Waals surface area contributed by atoms with Crippen LogP contribution in [0.25, 0.3) is 0 Å². The van der Waals surface area contributed by atoms with Crippen molar-refractivity contribution in [2.45, 2.75) is 309 Å². The number of carbonyl (C=O) groups excluding carboxylic acids is 2. The molecule has 3 N–H and O–H groups in total. The molecule has 1 amide bonds. The van der Waals surface area contributed by atoms with E-state index in [4.69, 9.17) is 4.74 Å². The number of rotatable bonds is 49. The second-order valence-electron chi connectivity index (χ2n) is 18.7. The summed E-state index contributed by atoms with van der Waals surface area (Å²) in [4.78, 5) is 26.2. The van der Waals surface area contributed by atoms with Crippen molar-refractivity contribution in [1.82, 2.24) is 5.32 Å². The lowest BCUT2D eigenvalue weighted by Crippen LogP contribution is -2.46. The predicted molar refractivity (Wildman–Crippen MR) is 264 cm³/mol. The lowest BCUT2D eigenvalue weighted by atomic mass is 10.0. The molecule has 0 aromatic heterocycles. The summed E-state index contributed by atoms with van der Waals surface area (Å²) in [6, 6.07) is -0.711. The fourth-order valence-corrected chi connectivity index (χ4v) is 8.43. The molecule has 0 bridgehead atoms. The highest BCUT2D eigenvalue weighted by atomic mass is 16.5. The fourth-order valence-electron chi connectivity index (χ4n) is 8.43. The van der Waals surface area contributed by atoms with Gasteiger partial charge in [-0.15, -0.1) is 0 Å². The van der Waals surface area contributed by atoms with Crippen molar-refractivity contribution in [3.63, 3.8) is 0 Å². The molecule has 0 rings (SSSR count). The second-order valence-corrected chi connectivity index (χ2v) is 18.7. The van der Waals surface area contributed by atoms with Crippen molar-refractivity contribution in [3.05, 3.63) is 24.3 Å². The van der Waals surface area contributed by atoms with Crippen LogP contribution in [0, 0.1) is 0 Å². The van der Waals surface area contributed by atoms with Gasteiger partial charge in [0.05, 0.1) is 25.2 Å². The van der Waals surface area contributed by atoms with E-state index in [1.165, 1.54) is 186 Å². The maximum atomic E-state index is 13.2. The molecule has 3 atom stereocenters. The third-order valence-corrected chi connectivity index (χ3v) is 12.6. The van der Waals surface area contributed by atoms with Crippen LogP contribution in [0.3, 0.4) is 0 Å². The van der Waals surface area contributed by atoms with Crippen LogP contribution in [0.5, 0.6) is 0 Å². The molecule has 6 nitrogen and oxygen atoms in total. The molecule has 0 aliphatic heterocycles. The van der Waals surface area contributed by atoms with Gasteiger partial charge in [-0.25, -0.2) is 0 Å². The molecule has 0 aliphatic carbocycles. The lowest BCUT2D eigenvalue weighted by molar-refractivity contribution is -0.151. The van der Waals surface area contributed by atoms with Gasteiger partial charge in [0.2, 0.25) is 5.91 Å². The van der Waals surface area contributed by atoms with E-state index >= 15 is 0 Å². The molecule has 0 heterocycles. The first-order valence-corrected chi connectivity index (χ1v) is 27.1. The molecule has 0 fully saturated rings. The number of esters is 1. The summed E-state index contributed by atoms with van der Waals surface area (Å²) >= 11 is 0. The molecule has 0 saturated heterocycles. The van der Waals surface area contributed by atoms with E-state index in [0.717, 1.165) is 57.8 Å². The van der Waals surface area contributed by atoms with E-state index < -0.39 is 18.2 Å². The first-order chi connectivity index (χ1) is 30.0. The van der Waals surface area contributed by atoms with Crippen LogP contribution >= 0.6 is 0 Å². The van der Waals surface area contributed by atoms with E-state index in [9.17, 15) is 19.8 Å². The van der Waals surface area contributed by atoms with Crippen LogP contribution in [0.1, 0.15) is 290 Å². The highest BCUT2D eigenvalue weighted by Crippen LogP contribution is 2.18. The molecule has 6 heteroatoms. The zero-order valence-corrected chi connectivity index (χ0v) is 41.1. The highest BCUT2D eigenvalue weighted by Gasteiger charge is 2.24. The molecular weight excluding hydrogens is 755 g/mol. The Labute approximate surface area is 380 Å². The summed E-state index contributed by atoms with van der Waals surface area (Å²) in [6.07, 6.45) is 56.7. The minimum atomic E-state index is -0.795. The monoisotopic (exact) mass is 860 g/mol. The number of amides is 1. The number of aliphatic hydroxyl groups excluding tert-OH is 2. The molecule has 0 spiro atoms. The van der Waals surface area contributed by atoms with Gasteiger partial charge in [-0.05, 0) is 44.9 Å². The number of ether oxygens (including phenoxy) is 1. The fraction of sp³-hybridized carbons (Fsp3) is 0.891.